The summed E-state index contributed by atoms with van der Waals surface area (Å²) in [5, 5.41) is 22.8. The van der Waals surface area contributed by atoms with E-state index >= 15 is 0 Å². The van der Waals surface area contributed by atoms with Crippen LogP contribution in [-0.4, -0.2) is 31.5 Å². The molecule has 156 valence electrons. The Morgan fingerprint density at radius 2 is 1.68 bits per heavy atom. The van der Waals surface area contributed by atoms with Gasteiger partial charge in [-0.1, -0.05) is 78.0 Å². The predicted molar refractivity (Wildman–Crippen MR) is 123 cm³/mol. The first-order valence-corrected chi connectivity index (χ1v) is 10.9. The number of para-hydroxylation sites is 2. The van der Waals surface area contributed by atoms with Crippen LogP contribution < -0.4 is 5.32 Å². The number of nitrogens with zero attached hydrogens (tertiary/aromatic N) is 3. The van der Waals surface area contributed by atoms with Crippen molar-refractivity contribution in [1.82, 2.24) is 14.8 Å². The van der Waals surface area contributed by atoms with Crippen molar-refractivity contribution in [3.05, 3.63) is 89.4 Å². The Balaban J connectivity index is 1.57. The summed E-state index contributed by atoms with van der Waals surface area (Å²) in [5.74, 6) is 0.600. The highest BCUT2D eigenvalue weighted by atomic mass is 35.5. The molecule has 1 amide bonds. The van der Waals surface area contributed by atoms with Gasteiger partial charge in [0.2, 0.25) is 5.91 Å². The maximum Gasteiger partial charge on any atom is 0.234 e. The van der Waals surface area contributed by atoms with Crippen molar-refractivity contribution in [2.75, 3.05) is 11.1 Å². The van der Waals surface area contributed by atoms with Crippen LogP contribution in [0.3, 0.4) is 0 Å². The number of thioether (sulfide) groups is 1. The van der Waals surface area contributed by atoms with Crippen molar-refractivity contribution in [2.24, 2.45) is 0 Å². The molecule has 0 saturated heterocycles. The first kappa shape index (κ1) is 21.0. The van der Waals surface area contributed by atoms with Crippen molar-refractivity contribution in [2.45, 2.75) is 11.7 Å². The molecule has 0 atom stereocenters. The summed E-state index contributed by atoms with van der Waals surface area (Å²) in [5.41, 5.74) is 2.20. The topological polar surface area (TPSA) is 80.0 Å². The molecule has 0 radical (unpaired) electrons. The Morgan fingerprint density at radius 1 is 0.968 bits per heavy atom. The normalized spacial score (nSPS) is 10.7. The zero-order valence-corrected chi connectivity index (χ0v) is 18.0. The molecule has 0 saturated carbocycles. The molecule has 0 aliphatic carbocycles. The number of aromatic hydroxyl groups is 1. The molecule has 0 fully saturated rings. The lowest BCUT2D eigenvalue weighted by atomic mass is 10.1. The molecule has 4 rings (SSSR count). The van der Waals surface area contributed by atoms with Crippen LogP contribution in [0.1, 0.15) is 5.56 Å². The minimum Gasteiger partial charge on any atom is -0.507 e. The molecule has 1 heterocycles. The number of nitrogens with one attached hydrogen (secondary N) is 1. The number of carbonyl (C=O) groups is 1. The van der Waals surface area contributed by atoms with E-state index in [1.165, 1.54) is 11.8 Å². The number of aromatic nitrogens is 3. The van der Waals surface area contributed by atoms with Crippen LogP contribution in [0.15, 0.2) is 84.0 Å². The highest BCUT2D eigenvalue weighted by Gasteiger charge is 2.18. The molecule has 31 heavy (non-hydrogen) atoms. The van der Waals surface area contributed by atoms with Crippen LogP contribution in [0.5, 0.6) is 5.75 Å². The predicted octanol–water partition coefficient (Wildman–Crippen LogP) is 5.08. The SMILES string of the molecule is O=C(CSc1nnc(-c2ccccc2O)n1Cc1ccccc1)Nc1ccccc1Cl. The smallest absolute Gasteiger partial charge is 0.234 e. The molecule has 1 aromatic heterocycles. The number of rotatable bonds is 7. The number of anilines is 1. The zero-order chi connectivity index (χ0) is 21.6. The minimum atomic E-state index is -0.198. The minimum absolute atomic E-state index is 0.122. The van der Waals surface area contributed by atoms with Crippen LogP contribution in [0, 0.1) is 0 Å². The molecule has 6 nitrogen and oxygen atoms in total. The molecule has 0 spiro atoms. The van der Waals surface area contributed by atoms with Crippen LogP contribution >= 0.6 is 23.4 Å². The summed E-state index contributed by atoms with van der Waals surface area (Å²) in [6.45, 7) is 0.506. The fourth-order valence-electron chi connectivity index (χ4n) is 3.04. The molecule has 0 aliphatic rings. The number of carbonyl (C=O) groups excluding carboxylic acids is 1. The van der Waals surface area contributed by atoms with E-state index in [0.29, 0.717) is 33.8 Å². The second-order valence-corrected chi connectivity index (χ2v) is 8.06. The average molecular weight is 451 g/mol. The quantitative estimate of drug-likeness (QED) is 0.384. The van der Waals surface area contributed by atoms with Gasteiger partial charge < -0.3 is 10.4 Å². The van der Waals surface area contributed by atoms with E-state index in [1.807, 2.05) is 47.0 Å². The van der Waals surface area contributed by atoms with Gasteiger partial charge in [0, 0.05) is 0 Å². The Labute approximate surface area is 188 Å². The number of halogens is 1. The first-order chi connectivity index (χ1) is 15.1. The van der Waals surface area contributed by atoms with E-state index in [2.05, 4.69) is 15.5 Å². The number of amides is 1. The highest BCUT2D eigenvalue weighted by molar-refractivity contribution is 7.99. The summed E-state index contributed by atoms with van der Waals surface area (Å²) in [6.07, 6.45) is 0. The Hall–Kier alpha value is -3.29. The molecule has 0 bridgehead atoms. The van der Waals surface area contributed by atoms with Gasteiger partial charge in [-0.15, -0.1) is 10.2 Å². The van der Waals surface area contributed by atoms with Crippen molar-refractivity contribution < 1.29 is 9.90 Å². The fourth-order valence-corrected chi connectivity index (χ4v) is 3.97. The molecule has 4 aromatic rings. The van der Waals surface area contributed by atoms with Crippen LogP contribution in [-0.2, 0) is 11.3 Å². The fraction of sp³-hybridized carbons (Fsp3) is 0.0870. The number of phenolic OH excluding ortho intramolecular Hbond substituents is 1. The maximum absolute atomic E-state index is 12.5. The second kappa shape index (κ2) is 9.68. The van der Waals surface area contributed by atoms with E-state index in [9.17, 15) is 9.90 Å². The zero-order valence-electron chi connectivity index (χ0n) is 16.4. The monoisotopic (exact) mass is 450 g/mol. The molecular formula is C23H19ClN4O2S. The van der Waals surface area contributed by atoms with Gasteiger partial charge in [0.05, 0.1) is 28.6 Å². The summed E-state index contributed by atoms with van der Waals surface area (Å²) in [4.78, 5) is 12.5. The van der Waals surface area contributed by atoms with E-state index < -0.39 is 0 Å². The summed E-state index contributed by atoms with van der Waals surface area (Å²) < 4.78 is 1.90. The van der Waals surface area contributed by atoms with E-state index in [-0.39, 0.29) is 17.4 Å². The number of hydrogen-bond donors (Lipinski definition) is 2. The molecule has 8 heteroatoms. The van der Waals surface area contributed by atoms with Gasteiger partial charge in [-0.2, -0.15) is 0 Å². The third-order valence-corrected chi connectivity index (χ3v) is 5.82. The largest absolute Gasteiger partial charge is 0.507 e. The van der Waals surface area contributed by atoms with E-state index in [1.54, 1.807) is 36.4 Å². The molecule has 0 unspecified atom stereocenters. The third kappa shape index (κ3) is 5.07. The molecular weight excluding hydrogens is 432 g/mol. The van der Waals surface area contributed by atoms with Crippen molar-refractivity contribution in [1.29, 1.82) is 0 Å². The summed E-state index contributed by atoms with van der Waals surface area (Å²) in [7, 11) is 0. The van der Waals surface area contributed by atoms with Gasteiger partial charge in [-0.25, -0.2) is 0 Å². The van der Waals surface area contributed by atoms with Gasteiger partial charge in [0.25, 0.3) is 0 Å². The first-order valence-electron chi connectivity index (χ1n) is 9.54. The van der Waals surface area contributed by atoms with Crippen LogP contribution in [0.4, 0.5) is 5.69 Å². The molecule has 2 N–H and O–H groups in total. The van der Waals surface area contributed by atoms with Gasteiger partial charge in [0.15, 0.2) is 11.0 Å². The Bertz CT molecular complexity index is 1200. The van der Waals surface area contributed by atoms with Gasteiger partial charge in [0.1, 0.15) is 5.75 Å². The van der Waals surface area contributed by atoms with Crippen molar-refractivity contribution in [3.8, 4) is 17.1 Å². The number of benzene rings is 3. The van der Waals surface area contributed by atoms with Crippen molar-refractivity contribution >= 4 is 35.0 Å². The van der Waals surface area contributed by atoms with Gasteiger partial charge >= 0.3 is 0 Å². The lowest BCUT2D eigenvalue weighted by Crippen LogP contribution is -2.15. The van der Waals surface area contributed by atoms with E-state index in [4.69, 9.17) is 11.6 Å². The third-order valence-electron chi connectivity index (χ3n) is 4.53. The number of hydrogen-bond acceptors (Lipinski definition) is 5. The highest BCUT2D eigenvalue weighted by Crippen LogP contribution is 2.31. The summed E-state index contributed by atoms with van der Waals surface area (Å²) in [6, 6.07) is 24.0. The second-order valence-electron chi connectivity index (χ2n) is 6.71. The average Bonchev–Trinajstić information content (AvgIpc) is 3.17. The summed E-state index contributed by atoms with van der Waals surface area (Å²) >= 11 is 7.39. The van der Waals surface area contributed by atoms with Crippen LogP contribution in [0.2, 0.25) is 5.02 Å². The number of phenols is 1. The van der Waals surface area contributed by atoms with Gasteiger partial charge in [-0.05, 0) is 29.8 Å². The standard InChI is InChI=1S/C23H19ClN4O2S/c24-18-11-5-6-12-19(18)25-21(30)15-31-23-27-26-22(17-10-4-7-13-20(17)29)28(23)14-16-8-2-1-3-9-16/h1-13,29H,14-15H2,(H,25,30). The lowest BCUT2D eigenvalue weighted by Gasteiger charge is -2.11. The van der Waals surface area contributed by atoms with Crippen LogP contribution in [0.25, 0.3) is 11.4 Å². The molecule has 3 aromatic carbocycles. The van der Waals surface area contributed by atoms with Crippen molar-refractivity contribution in [3.63, 3.8) is 0 Å². The van der Waals surface area contributed by atoms with E-state index in [0.717, 1.165) is 5.56 Å². The van der Waals surface area contributed by atoms with Gasteiger partial charge in [-0.3, -0.25) is 9.36 Å². The Morgan fingerprint density at radius 3 is 2.45 bits per heavy atom. The molecule has 0 aliphatic heterocycles. The lowest BCUT2D eigenvalue weighted by molar-refractivity contribution is -0.113. The Kier molecular flexibility index (Phi) is 6.54. The maximum atomic E-state index is 12.5.